The second-order valence-corrected chi connectivity index (χ2v) is 6.90. The minimum atomic E-state index is -0.572. The van der Waals surface area contributed by atoms with Gasteiger partial charge in [0.2, 0.25) is 0 Å². The van der Waals surface area contributed by atoms with Gasteiger partial charge in [-0.2, -0.15) is 5.43 Å². The molecular formula is C19H24N4O3. The number of ether oxygens (including phenoxy) is 1. The molecule has 0 aliphatic carbocycles. The molecule has 1 heterocycles. The van der Waals surface area contributed by atoms with E-state index in [0.29, 0.717) is 5.69 Å². The third kappa shape index (κ3) is 3.96. The average molecular weight is 356 g/mol. The van der Waals surface area contributed by atoms with E-state index in [-0.39, 0.29) is 24.4 Å². The van der Waals surface area contributed by atoms with Crippen molar-refractivity contribution >= 4 is 17.7 Å². The predicted molar refractivity (Wildman–Crippen MR) is 100 cm³/mol. The Kier molecular flexibility index (Phi) is 5.13. The van der Waals surface area contributed by atoms with Crippen molar-refractivity contribution in [3.63, 3.8) is 0 Å². The summed E-state index contributed by atoms with van der Waals surface area (Å²) in [6.45, 7) is 4.04. The molecule has 7 nitrogen and oxygen atoms in total. The first-order chi connectivity index (χ1) is 12.4. The highest BCUT2D eigenvalue weighted by molar-refractivity contribution is 5.62. The van der Waals surface area contributed by atoms with E-state index < -0.39 is 5.54 Å². The van der Waals surface area contributed by atoms with Gasteiger partial charge in [-0.05, 0) is 43.7 Å². The fourth-order valence-electron chi connectivity index (χ4n) is 2.92. The van der Waals surface area contributed by atoms with Crippen LogP contribution in [0.5, 0.6) is 5.75 Å². The summed E-state index contributed by atoms with van der Waals surface area (Å²) < 4.78 is 6.03. The fourth-order valence-corrected chi connectivity index (χ4v) is 2.92. The van der Waals surface area contributed by atoms with Gasteiger partial charge in [0.15, 0.2) is 6.23 Å². The summed E-state index contributed by atoms with van der Waals surface area (Å²) in [5, 5.41) is 15.1. The zero-order valence-corrected chi connectivity index (χ0v) is 14.9. The molecule has 1 aliphatic heterocycles. The van der Waals surface area contributed by atoms with Crippen LogP contribution in [0.25, 0.3) is 0 Å². The molecule has 3 rings (SSSR count). The van der Waals surface area contributed by atoms with E-state index in [1.807, 2.05) is 56.3 Å². The lowest BCUT2D eigenvalue weighted by molar-refractivity contribution is -0.903. The van der Waals surface area contributed by atoms with Crippen molar-refractivity contribution in [1.29, 1.82) is 0 Å². The van der Waals surface area contributed by atoms with Crippen LogP contribution in [0.2, 0.25) is 0 Å². The molecule has 0 bridgehead atoms. The highest BCUT2D eigenvalue weighted by Crippen LogP contribution is 2.40. The van der Waals surface area contributed by atoms with E-state index in [1.165, 1.54) is 0 Å². The van der Waals surface area contributed by atoms with Gasteiger partial charge in [0.05, 0.1) is 17.6 Å². The molecule has 0 fully saturated rings. The second kappa shape index (κ2) is 7.33. The van der Waals surface area contributed by atoms with Crippen LogP contribution >= 0.6 is 0 Å². The summed E-state index contributed by atoms with van der Waals surface area (Å²) in [5.74, 6) is 0.736. The summed E-state index contributed by atoms with van der Waals surface area (Å²) in [6.07, 6.45) is 0.701. The molecule has 138 valence electrons. The Balaban J connectivity index is 1.73. The molecule has 0 spiro atoms. The van der Waals surface area contributed by atoms with E-state index in [9.17, 15) is 10.0 Å². The highest BCUT2D eigenvalue weighted by atomic mass is 16.5. The Bertz CT molecular complexity index is 777. The van der Waals surface area contributed by atoms with Gasteiger partial charge in [0, 0.05) is 11.3 Å². The number of carbonyl (C=O) groups is 1. The highest BCUT2D eigenvalue weighted by Gasteiger charge is 2.28. The number of hydrogen-bond donors (Lipinski definition) is 4. The van der Waals surface area contributed by atoms with E-state index in [1.54, 1.807) is 0 Å². The molecule has 5 N–H and O–H groups in total. The number of hydrogen-bond acceptors (Lipinski definition) is 6. The number of benzene rings is 2. The topological polar surface area (TPSA) is 104 Å². The first-order valence-corrected chi connectivity index (χ1v) is 8.57. The molecule has 26 heavy (non-hydrogen) atoms. The number of fused-ring (bicyclic) bond motifs is 1. The van der Waals surface area contributed by atoms with Crippen LogP contribution in [-0.4, -0.2) is 12.8 Å². The third-order valence-electron chi connectivity index (χ3n) is 4.42. The van der Waals surface area contributed by atoms with E-state index >= 15 is 0 Å². The van der Waals surface area contributed by atoms with E-state index in [0.717, 1.165) is 28.8 Å². The summed E-state index contributed by atoms with van der Waals surface area (Å²) in [4.78, 5) is 10.4. The molecule has 0 amide bonds. The van der Waals surface area contributed by atoms with Gasteiger partial charge in [0.25, 0.3) is 0 Å². The number of carbonyl (C=O) groups excluding carboxylic acids is 1. The lowest BCUT2D eigenvalue weighted by atomic mass is 9.94. The molecule has 2 aromatic carbocycles. The Morgan fingerprint density at radius 1 is 1.31 bits per heavy atom. The maximum Gasteiger partial charge on any atom is 0.196 e. The van der Waals surface area contributed by atoms with Crippen molar-refractivity contribution in [1.82, 2.24) is 5.43 Å². The van der Waals surface area contributed by atoms with Crippen LogP contribution in [0.15, 0.2) is 42.5 Å². The second-order valence-electron chi connectivity index (χ2n) is 6.90. The Labute approximate surface area is 152 Å². The first kappa shape index (κ1) is 18.2. The van der Waals surface area contributed by atoms with Gasteiger partial charge >= 0.3 is 0 Å². The van der Waals surface area contributed by atoms with Gasteiger partial charge in [-0.3, -0.25) is 5.17 Å². The fraction of sp³-hybridized carbons (Fsp3) is 0.316. The van der Waals surface area contributed by atoms with Crippen LogP contribution in [0.3, 0.4) is 0 Å². The predicted octanol–water partition coefficient (Wildman–Crippen LogP) is 1.48. The largest absolute Gasteiger partial charge is 0.613 e. The Morgan fingerprint density at radius 3 is 2.73 bits per heavy atom. The standard InChI is InChI=1S/C19H24N4O3/c1-19(2,22-23(25)10-3-11-24)14-6-9-16-17(12-14)26-18(21-16)13-4-7-15(20)8-5-13/h4-9,11-12,18,21-23H,3,10,20H2,1-2H3. The minimum Gasteiger partial charge on any atom is -0.613 e. The van der Waals surface area contributed by atoms with Crippen molar-refractivity contribution < 1.29 is 14.7 Å². The van der Waals surface area contributed by atoms with Gasteiger partial charge in [-0.15, -0.1) is 0 Å². The number of rotatable bonds is 7. The Morgan fingerprint density at radius 2 is 2.04 bits per heavy atom. The smallest absolute Gasteiger partial charge is 0.196 e. The summed E-state index contributed by atoms with van der Waals surface area (Å²) in [7, 11) is 0. The molecular weight excluding hydrogens is 332 g/mol. The van der Waals surface area contributed by atoms with Crippen molar-refractivity contribution in [2.24, 2.45) is 0 Å². The molecule has 2 unspecified atom stereocenters. The molecule has 0 saturated heterocycles. The van der Waals surface area contributed by atoms with E-state index in [2.05, 4.69) is 10.7 Å². The number of nitrogens with one attached hydrogen (secondary N) is 3. The monoisotopic (exact) mass is 356 g/mol. The molecule has 0 radical (unpaired) electrons. The average Bonchev–Trinajstić information content (AvgIpc) is 3.03. The minimum absolute atomic E-state index is 0.151. The third-order valence-corrected chi connectivity index (χ3v) is 4.42. The number of hydroxylamine groups is 1. The van der Waals surface area contributed by atoms with Crippen molar-refractivity contribution in [2.75, 3.05) is 17.6 Å². The quantitative estimate of drug-likeness (QED) is 0.340. The maximum absolute atomic E-state index is 12.0. The molecule has 0 saturated carbocycles. The van der Waals surface area contributed by atoms with Crippen LogP contribution in [0.1, 0.15) is 37.6 Å². The van der Waals surface area contributed by atoms with Crippen molar-refractivity contribution in [3.8, 4) is 5.75 Å². The maximum atomic E-state index is 12.0. The van der Waals surface area contributed by atoms with Gasteiger partial charge < -0.3 is 25.8 Å². The first-order valence-electron chi connectivity index (χ1n) is 8.57. The van der Waals surface area contributed by atoms with Crippen LogP contribution in [0.4, 0.5) is 11.4 Å². The van der Waals surface area contributed by atoms with Gasteiger partial charge in [0.1, 0.15) is 18.6 Å². The van der Waals surface area contributed by atoms with Crippen molar-refractivity contribution in [3.05, 3.63) is 58.8 Å². The molecule has 1 aliphatic rings. The van der Waals surface area contributed by atoms with Gasteiger partial charge in [-0.1, -0.05) is 18.2 Å². The summed E-state index contributed by atoms with van der Waals surface area (Å²) >= 11 is 0. The summed E-state index contributed by atoms with van der Waals surface area (Å²) in [5.41, 5.74) is 11.6. The van der Waals surface area contributed by atoms with E-state index in [4.69, 9.17) is 10.5 Å². The number of aldehydes is 1. The molecule has 7 heteroatoms. The number of anilines is 2. The SMILES string of the molecule is CC(C)(N[NH+]([O-])CCC=O)c1ccc2c(c1)OC(c1ccc(N)cc1)N2. The number of nitrogen functional groups attached to an aromatic ring is 1. The molecule has 2 atom stereocenters. The van der Waals surface area contributed by atoms with Gasteiger partial charge in [-0.25, -0.2) is 0 Å². The van der Waals surface area contributed by atoms with Crippen LogP contribution in [-0.2, 0) is 10.3 Å². The Hall–Kier alpha value is -2.61. The molecule has 0 aromatic heterocycles. The normalized spacial score (nSPS) is 17.1. The van der Waals surface area contributed by atoms with Crippen molar-refractivity contribution in [2.45, 2.75) is 32.0 Å². The lowest BCUT2D eigenvalue weighted by Crippen LogP contribution is -3.15. The number of quaternary nitrogens is 1. The zero-order valence-electron chi connectivity index (χ0n) is 14.9. The lowest BCUT2D eigenvalue weighted by Gasteiger charge is -2.33. The van der Waals surface area contributed by atoms with Crippen LogP contribution < -0.4 is 26.4 Å². The summed E-state index contributed by atoms with van der Waals surface area (Å²) in [6, 6.07) is 13.4. The van der Waals surface area contributed by atoms with Crippen LogP contribution in [0, 0.1) is 5.21 Å². The molecule has 2 aromatic rings. The number of nitrogens with two attached hydrogens (primary N) is 1. The zero-order chi connectivity index (χ0) is 18.7.